The Labute approximate surface area is 163 Å². The quantitative estimate of drug-likeness (QED) is 0.397. The molecule has 4 bridgehead atoms. The molecule has 4 fully saturated rings. The molecule has 5 rings (SSSR count). The van der Waals surface area contributed by atoms with Crippen molar-refractivity contribution in [1.82, 2.24) is 5.06 Å². The Kier molecular flexibility index (Phi) is 3.33. The summed E-state index contributed by atoms with van der Waals surface area (Å²) in [6.45, 7) is 3.59. The first-order chi connectivity index (χ1) is 11.8. The summed E-state index contributed by atoms with van der Waals surface area (Å²) in [7, 11) is 0. The molecule has 1 saturated carbocycles. The van der Waals surface area contributed by atoms with Crippen LogP contribution in [0.3, 0.4) is 0 Å². The highest BCUT2D eigenvalue weighted by atomic mass is 35.5. The molecule has 0 N–H and O–H groups in total. The van der Waals surface area contributed by atoms with Crippen LogP contribution in [0, 0.1) is 23.7 Å². The van der Waals surface area contributed by atoms with Crippen LogP contribution in [-0.2, 0) is 19.2 Å². The van der Waals surface area contributed by atoms with Gasteiger partial charge in [0, 0.05) is 11.8 Å². The molecule has 0 aromatic heterocycles. The molecular formula is C16H13Cl4NO4. The number of amides is 2. The third kappa shape index (κ3) is 1.67. The molecule has 9 heteroatoms. The van der Waals surface area contributed by atoms with Gasteiger partial charge in [-0.25, -0.2) is 0 Å². The number of nitrogens with zero attached hydrogens (tertiary/aromatic N) is 1. The Hall–Kier alpha value is -0.300. The van der Waals surface area contributed by atoms with Gasteiger partial charge in [-0.3, -0.25) is 14.4 Å². The zero-order chi connectivity index (χ0) is 17.9. The van der Waals surface area contributed by atoms with E-state index in [0.717, 1.165) is 5.06 Å². The number of halogens is 4. The van der Waals surface area contributed by atoms with Crippen LogP contribution in [0.2, 0.25) is 0 Å². The number of carbonyl (C=O) groups excluding carboxylic acids is 2. The van der Waals surface area contributed by atoms with Crippen molar-refractivity contribution in [1.29, 1.82) is 0 Å². The van der Waals surface area contributed by atoms with Crippen molar-refractivity contribution < 1.29 is 19.2 Å². The molecular weight excluding hydrogens is 412 g/mol. The molecule has 3 saturated heterocycles. The van der Waals surface area contributed by atoms with Crippen molar-refractivity contribution in [3.8, 4) is 0 Å². The second-order valence-corrected chi connectivity index (χ2v) is 9.36. The first-order valence-electron chi connectivity index (χ1n) is 7.98. The summed E-state index contributed by atoms with van der Waals surface area (Å²) in [6.07, 6.45) is 0.806. The lowest BCUT2D eigenvalue weighted by Gasteiger charge is -2.40. The molecule has 3 heterocycles. The Morgan fingerprint density at radius 2 is 1.60 bits per heavy atom. The molecule has 0 unspecified atom stereocenters. The van der Waals surface area contributed by atoms with Crippen LogP contribution < -0.4 is 0 Å². The predicted molar refractivity (Wildman–Crippen MR) is 91.1 cm³/mol. The fourth-order valence-corrected chi connectivity index (χ4v) is 7.54. The van der Waals surface area contributed by atoms with E-state index in [1.165, 1.54) is 6.08 Å². The summed E-state index contributed by atoms with van der Waals surface area (Å²) < 4.78 is 6.05. The Morgan fingerprint density at radius 3 is 2.04 bits per heavy atom. The minimum atomic E-state index is -0.950. The van der Waals surface area contributed by atoms with Crippen LogP contribution >= 0.6 is 46.4 Å². The van der Waals surface area contributed by atoms with Crippen molar-refractivity contribution in [2.24, 2.45) is 23.7 Å². The maximum absolute atomic E-state index is 12.7. The standard InChI is InChI=1S/C16H13Cl4NO4/c1-2-3-24-21-13(22)5-6(14(21)23)10-8-7(9(5)25-10)15(19)4-16(8,20)12(18)11(15)17/h2,5-10H,1,3-4H2/t5-,6-,7+,8+,9-,10-,15-,16-/m1/s1. The van der Waals surface area contributed by atoms with Gasteiger partial charge in [-0.15, -0.1) is 29.8 Å². The number of hydroxylamine groups is 2. The molecule has 5 aliphatic rings. The molecule has 25 heavy (non-hydrogen) atoms. The van der Waals surface area contributed by atoms with Gasteiger partial charge in [-0.2, -0.15) is 5.06 Å². The molecule has 0 spiro atoms. The molecule has 8 atom stereocenters. The van der Waals surface area contributed by atoms with Gasteiger partial charge in [-0.05, 0) is 6.42 Å². The molecule has 2 aliphatic carbocycles. The Balaban J connectivity index is 1.57. The molecule has 3 aliphatic heterocycles. The zero-order valence-electron chi connectivity index (χ0n) is 12.8. The highest BCUT2D eigenvalue weighted by Gasteiger charge is 2.82. The largest absolute Gasteiger partial charge is 0.373 e. The van der Waals surface area contributed by atoms with Gasteiger partial charge in [0.2, 0.25) is 0 Å². The Bertz CT molecular complexity index is 717. The van der Waals surface area contributed by atoms with Crippen molar-refractivity contribution >= 4 is 58.2 Å². The molecule has 5 nitrogen and oxygen atoms in total. The van der Waals surface area contributed by atoms with Gasteiger partial charge < -0.3 is 4.74 Å². The first-order valence-corrected chi connectivity index (χ1v) is 9.49. The van der Waals surface area contributed by atoms with Crippen LogP contribution in [-0.4, -0.2) is 45.4 Å². The van der Waals surface area contributed by atoms with Gasteiger partial charge in [0.15, 0.2) is 0 Å². The van der Waals surface area contributed by atoms with E-state index in [1.807, 2.05) is 0 Å². The van der Waals surface area contributed by atoms with Gasteiger partial charge in [0.1, 0.15) is 0 Å². The molecule has 2 amide bonds. The fraction of sp³-hybridized carbons (Fsp3) is 0.625. The van der Waals surface area contributed by atoms with Crippen molar-refractivity contribution in [2.45, 2.75) is 28.4 Å². The third-order valence-corrected chi connectivity index (χ3v) is 8.78. The summed E-state index contributed by atoms with van der Waals surface area (Å²) in [5.41, 5.74) is 0. The van der Waals surface area contributed by atoms with Crippen LogP contribution in [0.4, 0.5) is 0 Å². The number of carbonyl (C=O) groups is 2. The van der Waals surface area contributed by atoms with E-state index in [-0.39, 0.29) is 18.4 Å². The summed E-state index contributed by atoms with van der Waals surface area (Å²) >= 11 is 26.4. The summed E-state index contributed by atoms with van der Waals surface area (Å²) in [5.74, 6) is -2.57. The topological polar surface area (TPSA) is 55.8 Å². The fourth-order valence-electron chi connectivity index (χ4n) is 5.52. The number of fused-ring (bicyclic) bond motifs is 12. The van der Waals surface area contributed by atoms with E-state index in [2.05, 4.69) is 6.58 Å². The van der Waals surface area contributed by atoms with E-state index in [0.29, 0.717) is 16.5 Å². The van der Waals surface area contributed by atoms with E-state index in [4.69, 9.17) is 56.0 Å². The van der Waals surface area contributed by atoms with Gasteiger partial charge in [-0.1, -0.05) is 29.3 Å². The number of alkyl halides is 2. The highest BCUT2D eigenvalue weighted by molar-refractivity contribution is 6.51. The van der Waals surface area contributed by atoms with Gasteiger partial charge in [0.25, 0.3) is 11.8 Å². The minimum Gasteiger partial charge on any atom is -0.373 e. The number of ether oxygens (including phenoxy) is 1. The number of imide groups is 1. The average Bonchev–Trinajstić information content (AvgIpc) is 3.29. The predicted octanol–water partition coefficient (Wildman–Crippen LogP) is 2.78. The second kappa shape index (κ2) is 4.94. The number of rotatable bonds is 3. The van der Waals surface area contributed by atoms with E-state index < -0.39 is 45.6 Å². The number of allylic oxidation sites excluding steroid dienone is 2. The molecule has 134 valence electrons. The zero-order valence-corrected chi connectivity index (χ0v) is 15.8. The maximum atomic E-state index is 12.7. The highest BCUT2D eigenvalue weighted by Crippen LogP contribution is 2.75. The summed E-state index contributed by atoms with van der Waals surface area (Å²) in [5, 5.41) is 1.49. The molecule has 0 aromatic rings. The lowest BCUT2D eigenvalue weighted by Crippen LogP contribution is -2.50. The normalized spacial score (nSPS) is 52.4. The third-order valence-electron chi connectivity index (χ3n) is 6.29. The van der Waals surface area contributed by atoms with Crippen molar-refractivity contribution in [2.75, 3.05) is 6.61 Å². The average molecular weight is 425 g/mol. The van der Waals surface area contributed by atoms with E-state index >= 15 is 0 Å². The van der Waals surface area contributed by atoms with Crippen molar-refractivity contribution in [3.05, 3.63) is 22.7 Å². The molecule has 0 aromatic carbocycles. The van der Waals surface area contributed by atoms with Crippen LogP contribution in [0.1, 0.15) is 6.42 Å². The van der Waals surface area contributed by atoms with E-state index in [1.54, 1.807) is 0 Å². The lowest BCUT2D eigenvalue weighted by molar-refractivity contribution is -0.189. The monoisotopic (exact) mass is 423 g/mol. The number of hydrogen-bond acceptors (Lipinski definition) is 4. The lowest BCUT2D eigenvalue weighted by atomic mass is 9.65. The second-order valence-electron chi connectivity index (χ2n) is 7.25. The van der Waals surface area contributed by atoms with Gasteiger partial charge in [0.05, 0.1) is 50.5 Å². The SMILES string of the molecule is C=CCON1C(=O)[C@H]2[C@H]3O[C@H]([C@@H]2C1=O)[C@@H]1[C@@H]3[C@]2(Cl)C[C@]1(Cl)C(Cl)=C2Cl. The summed E-state index contributed by atoms with van der Waals surface area (Å²) in [4.78, 5) is 28.8. The smallest absolute Gasteiger partial charge is 0.260 e. The maximum Gasteiger partial charge on any atom is 0.260 e. The van der Waals surface area contributed by atoms with Crippen molar-refractivity contribution in [3.63, 3.8) is 0 Å². The first kappa shape index (κ1) is 16.8. The minimum absolute atomic E-state index is 0.0675. The summed E-state index contributed by atoms with van der Waals surface area (Å²) in [6, 6.07) is 0. The number of hydrogen-bond donors (Lipinski definition) is 0. The van der Waals surface area contributed by atoms with Crippen LogP contribution in [0.5, 0.6) is 0 Å². The Morgan fingerprint density at radius 1 is 1.12 bits per heavy atom. The van der Waals surface area contributed by atoms with Crippen LogP contribution in [0.25, 0.3) is 0 Å². The van der Waals surface area contributed by atoms with Crippen LogP contribution in [0.15, 0.2) is 22.7 Å². The van der Waals surface area contributed by atoms with Gasteiger partial charge >= 0.3 is 0 Å². The molecule has 0 radical (unpaired) electrons. The van der Waals surface area contributed by atoms with E-state index in [9.17, 15) is 9.59 Å².